The summed E-state index contributed by atoms with van der Waals surface area (Å²) in [7, 11) is 4.00. The van der Waals surface area contributed by atoms with Crippen molar-refractivity contribution in [1.82, 2.24) is 9.55 Å². The summed E-state index contributed by atoms with van der Waals surface area (Å²) in [5.74, 6) is -1.17. The van der Waals surface area contributed by atoms with Crippen LogP contribution in [0.1, 0.15) is 43.1 Å². The van der Waals surface area contributed by atoms with Gasteiger partial charge in [0.1, 0.15) is 11.6 Å². The maximum Gasteiger partial charge on any atom is 2.00 e. The Bertz CT molecular complexity index is 1900. The Labute approximate surface area is 362 Å². The van der Waals surface area contributed by atoms with Crippen molar-refractivity contribution in [1.29, 1.82) is 0 Å². The van der Waals surface area contributed by atoms with E-state index in [0.717, 1.165) is 63.6 Å². The summed E-state index contributed by atoms with van der Waals surface area (Å²) in [6, 6.07) is 16.5. The molecule has 1 fully saturated rings. The summed E-state index contributed by atoms with van der Waals surface area (Å²) in [6.07, 6.45) is -0.820. The Kier molecular flexibility index (Phi) is 18.9. The van der Waals surface area contributed by atoms with Crippen molar-refractivity contribution in [2.75, 3.05) is 36.5 Å². The first-order chi connectivity index (χ1) is 24.8. The van der Waals surface area contributed by atoms with Crippen molar-refractivity contribution in [3.8, 4) is 0 Å². The second-order valence-electron chi connectivity index (χ2n) is 13.0. The number of aromatic nitrogens is 2. The molecule has 0 saturated carbocycles. The third kappa shape index (κ3) is 12.3. The molecule has 1 aromatic heterocycles. The number of imidazole rings is 1. The number of ether oxygens (including phenoxy) is 2. The van der Waals surface area contributed by atoms with Crippen LogP contribution in [0.2, 0.25) is 0 Å². The number of nitrogens with zero attached hydrogens (tertiary/aromatic N) is 3. The molecule has 2 unspecified atom stereocenters. The van der Waals surface area contributed by atoms with Gasteiger partial charge in [0.05, 0.1) is 35.0 Å². The zero-order valence-corrected chi connectivity index (χ0v) is 36.3. The van der Waals surface area contributed by atoms with E-state index in [1.165, 1.54) is 0 Å². The molecule has 1 aliphatic carbocycles. The van der Waals surface area contributed by atoms with E-state index in [1.54, 1.807) is 11.9 Å². The molecule has 55 heavy (non-hydrogen) atoms. The van der Waals surface area contributed by atoms with E-state index >= 15 is 0 Å². The van der Waals surface area contributed by atoms with Crippen molar-refractivity contribution in [3.63, 3.8) is 0 Å². The Morgan fingerprint density at radius 3 is 2.38 bits per heavy atom. The van der Waals surface area contributed by atoms with Gasteiger partial charge >= 0.3 is 51.7 Å². The van der Waals surface area contributed by atoms with E-state index in [4.69, 9.17) is 19.4 Å². The standard InChI is InChI=1S/C37H40F4N4O3S.CH2O2.2CH3.Sr/c1-22-30(25-5-8-27(9-6-25)45(4)49-29-10-12-35-34(20-29)42-23(2)44(35)3)18-28(48-21-24-13-15-47-16-14-24)19-31(22)36(46)43-33-11-7-26(17-32(33)38)37(39,40)41;2-1-3;;;/h5-12,17-18,20,22,24,28,31H,13-16,19,21H2,1-4H3,(H,43,46);1H,(H,2,3);2*1H3;/q;;2*-1;+2/t22-,28?,31?;;;;/m1..../s1. The smallest absolute Gasteiger partial charge is 0.483 e. The van der Waals surface area contributed by atoms with E-state index in [1.807, 2.05) is 52.2 Å². The topological polar surface area (TPSA) is 106 Å². The van der Waals surface area contributed by atoms with Crippen molar-refractivity contribution in [2.24, 2.45) is 24.8 Å². The maximum absolute atomic E-state index is 14.7. The summed E-state index contributed by atoms with van der Waals surface area (Å²) in [6.45, 7) is 5.59. The van der Waals surface area contributed by atoms with Crippen molar-refractivity contribution in [3.05, 3.63) is 104 Å². The number of carbonyl (C=O) groups excluding carboxylic acids is 1. The molecule has 6 rings (SSSR count). The summed E-state index contributed by atoms with van der Waals surface area (Å²) in [5.41, 5.74) is 3.46. The Hall–Kier alpha value is -2.92. The first kappa shape index (κ1) is 48.2. The van der Waals surface area contributed by atoms with Crippen LogP contribution in [0.3, 0.4) is 0 Å². The molecule has 3 atom stereocenters. The van der Waals surface area contributed by atoms with E-state index in [-0.39, 0.29) is 84.5 Å². The van der Waals surface area contributed by atoms with Gasteiger partial charge in [-0.15, -0.1) is 0 Å². The minimum absolute atomic E-state index is 0. The number of alkyl halides is 3. The fraction of sp³-hybridized carbons (Fsp3) is 0.375. The third-order valence-corrected chi connectivity index (χ3v) is 10.6. The molecule has 0 radical (unpaired) electrons. The van der Waals surface area contributed by atoms with Crippen molar-refractivity contribution >= 4 is 97.8 Å². The number of carbonyl (C=O) groups is 2. The van der Waals surface area contributed by atoms with Gasteiger partial charge in [-0.1, -0.05) is 25.1 Å². The van der Waals surface area contributed by atoms with Crippen molar-refractivity contribution < 1.29 is 41.7 Å². The third-order valence-electron chi connectivity index (χ3n) is 9.61. The molecule has 0 spiro atoms. The number of allylic oxidation sites excluding steroid dienone is 1. The quantitative estimate of drug-likeness (QED) is 0.0566. The van der Waals surface area contributed by atoms with Gasteiger partial charge in [0.25, 0.3) is 6.47 Å². The second-order valence-corrected chi connectivity index (χ2v) is 14.2. The molecular formula is C40H48F4N4O5SSr. The molecular weight excluding hydrogens is 812 g/mol. The molecule has 1 aliphatic heterocycles. The predicted molar refractivity (Wildman–Crippen MR) is 212 cm³/mol. The molecule has 4 aromatic rings. The number of nitrogens with one attached hydrogen (secondary N) is 1. The normalized spacial score (nSPS) is 18.3. The van der Waals surface area contributed by atoms with Crippen LogP contribution in [0, 0.1) is 45.3 Å². The minimum Gasteiger partial charge on any atom is -0.483 e. The second kappa shape index (κ2) is 21.6. The van der Waals surface area contributed by atoms with Gasteiger partial charge in [0.2, 0.25) is 5.91 Å². The van der Waals surface area contributed by atoms with Crippen LogP contribution in [0.5, 0.6) is 0 Å². The Morgan fingerprint density at radius 2 is 1.76 bits per heavy atom. The number of amides is 1. The molecule has 2 heterocycles. The number of carboxylic acid groups (broad SMARTS) is 1. The van der Waals surface area contributed by atoms with Crippen LogP contribution in [0.25, 0.3) is 16.6 Å². The average molecular weight is 861 g/mol. The van der Waals surface area contributed by atoms with Crippen LogP contribution in [-0.4, -0.2) is 105 Å². The van der Waals surface area contributed by atoms with Gasteiger partial charge in [-0.3, -0.25) is 9.59 Å². The number of anilines is 2. The number of rotatable bonds is 9. The van der Waals surface area contributed by atoms with Gasteiger partial charge in [-0.05, 0) is 110 Å². The number of hydrogen-bond donors (Lipinski definition) is 2. The molecule has 9 nitrogen and oxygen atoms in total. The SMILES string of the molecule is Cc1nc2cc(SN(C)c3ccc(C4=CC(OCC5CCOCC5)CC(C(=O)Nc5ccc(C(F)(F)F)cc5F)[C@@H]4C)cc3)ccc2n1C.O=CO.[CH3-].[CH3-].[Sr+2]. The van der Waals surface area contributed by atoms with Gasteiger partial charge in [-0.25, -0.2) is 9.37 Å². The summed E-state index contributed by atoms with van der Waals surface area (Å²) in [5, 5.41) is 9.44. The molecule has 1 amide bonds. The molecule has 2 aliphatic rings. The number of halogens is 4. The van der Waals surface area contributed by atoms with Crippen LogP contribution < -0.4 is 9.62 Å². The number of fused-ring (bicyclic) bond motifs is 1. The summed E-state index contributed by atoms with van der Waals surface area (Å²) < 4.78 is 70.0. The molecule has 3 aromatic carbocycles. The van der Waals surface area contributed by atoms with E-state index < -0.39 is 29.4 Å². The molecule has 294 valence electrons. The van der Waals surface area contributed by atoms with Gasteiger partial charge in [0.15, 0.2) is 0 Å². The number of benzene rings is 3. The minimum atomic E-state index is -4.69. The molecule has 1 saturated heterocycles. The summed E-state index contributed by atoms with van der Waals surface area (Å²) in [4.78, 5) is 27.7. The number of hydrogen-bond acceptors (Lipinski definition) is 7. The van der Waals surface area contributed by atoms with Crippen LogP contribution in [-0.2, 0) is 32.3 Å². The first-order valence-electron chi connectivity index (χ1n) is 16.9. The summed E-state index contributed by atoms with van der Waals surface area (Å²) >= 11 is 1.59. The fourth-order valence-electron chi connectivity index (χ4n) is 6.52. The van der Waals surface area contributed by atoms with Crippen LogP contribution >= 0.6 is 11.9 Å². The Morgan fingerprint density at radius 1 is 1.11 bits per heavy atom. The molecule has 2 N–H and O–H groups in total. The molecule has 15 heteroatoms. The largest absolute Gasteiger partial charge is 2.00 e. The van der Waals surface area contributed by atoms with E-state index in [9.17, 15) is 22.4 Å². The monoisotopic (exact) mass is 860 g/mol. The van der Waals surface area contributed by atoms with Gasteiger partial charge in [-0.2, -0.15) is 13.2 Å². The Balaban J connectivity index is 0.00000169. The zero-order valence-electron chi connectivity index (χ0n) is 32.0. The van der Waals surface area contributed by atoms with Crippen molar-refractivity contribution in [2.45, 2.75) is 50.3 Å². The first-order valence-corrected chi connectivity index (χ1v) is 17.7. The maximum atomic E-state index is 14.7. The zero-order chi connectivity index (χ0) is 37.6. The van der Waals surface area contributed by atoms with E-state index in [2.05, 4.69) is 43.4 Å². The van der Waals surface area contributed by atoms with E-state index in [0.29, 0.717) is 38.2 Å². The van der Waals surface area contributed by atoms with Gasteiger partial charge < -0.3 is 43.6 Å². The predicted octanol–water partition coefficient (Wildman–Crippen LogP) is 8.89. The molecule has 0 bridgehead atoms. The van der Waals surface area contributed by atoms with Crippen LogP contribution in [0.15, 0.2) is 71.6 Å². The van der Waals surface area contributed by atoms with Crippen LogP contribution in [0.4, 0.5) is 28.9 Å². The number of aryl methyl sites for hydroxylation is 2. The van der Waals surface area contributed by atoms with Gasteiger partial charge in [0, 0.05) is 43.8 Å². The fourth-order valence-corrected chi connectivity index (χ4v) is 7.36. The average Bonchev–Trinajstić information content (AvgIpc) is 3.40.